The second-order valence-corrected chi connectivity index (χ2v) is 10.1. The lowest BCUT2D eigenvalue weighted by Gasteiger charge is -2.37. The van der Waals surface area contributed by atoms with Crippen molar-refractivity contribution in [3.8, 4) is 0 Å². The highest BCUT2D eigenvalue weighted by Gasteiger charge is 2.34. The van der Waals surface area contributed by atoms with E-state index in [1.165, 1.54) is 0 Å². The molecule has 0 radical (unpaired) electrons. The Morgan fingerprint density at radius 2 is 2.11 bits per heavy atom. The number of carbonyl (C=O) groups excluding carboxylic acids is 3. The Morgan fingerprint density at radius 1 is 1.36 bits per heavy atom. The predicted molar refractivity (Wildman–Crippen MR) is 144 cm³/mol. The van der Waals surface area contributed by atoms with Crippen LogP contribution < -0.4 is 15.5 Å². The van der Waals surface area contributed by atoms with Crippen LogP contribution in [0.25, 0.3) is 0 Å². The predicted octanol–water partition coefficient (Wildman–Crippen LogP) is 3.27. The van der Waals surface area contributed by atoms with E-state index in [0.29, 0.717) is 39.8 Å². The number of ether oxygens (including phenoxy) is 2. The van der Waals surface area contributed by atoms with E-state index in [-0.39, 0.29) is 41.8 Å². The average molecular weight is 656 g/mol. The number of rotatable bonds is 10. The minimum absolute atomic E-state index is 0.0513. The van der Waals surface area contributed by atoms with Crippen LogP contribution >= 0.6 is 45.5 Å². The third kappa shape index (κ3) is 6.29. The highest BCUT2D eigenvalue weighted by Crippen LogP contribution is 2.31. The highest BCUT2D eigenvalue weighted by molar-refractivity contribution is 14.1. The number of hydrogen-bond acceptors (Lipinski definition) is 8. The molecule has 0 aromatic carbocycles. The number of anilines is 1. The monoisotopic (exact) mass is 655 g/mol. The molecule has 0 unspecified atom stereocenters. The van der Waals surface area contributed by atoms with Crippen LogP contribution in [-0.4, -0.2) is 79.9 Å². The summed E-state index contributed by atoms with van der Waals surface area (Å²) in [7, 11) is 1.55. The fourth-order valence-corrected chi connectivity index (χ4v) is 6.37. The molecule has 3 rings (SSSR count). The summed E-state index contributed by atoms with van der Waals surface area (Å²) >= 11 is 9.63. The zero-order valence-corrected chi connectivity index (χ0v) is 23.8. The van der Waals surface area contributed by atoms with Crippen molar-refractivity contribution >= 4 is 68.4 Å². The SMILES string of the molecule is CCOC(=O)c1sc(N2CC[C@@H](NC(=O)c3[nH]c(C)c(CI)c3Cl)[C@@H](OC)C2)nc1C(=O)NCCF. The lowest BCUT2D eigenvalue weighted by Crippen LogP contribution is -2.55. The first-order valence-electron chi connectivity index (χ1n) is 11.3. The lowest BCUT2D eigenvalue weighted by molar-refractivity contribution is 0.0527. The number of halogens is 3. The topological polar surface area (TPSA) is 126 Å². The highest BCUT2D eigenvalue weighted by atomic mass is 127. The van der Waals surface area contributed by atoms with E-state index in [1.807, 2.05) is 11.8 Å². The molecule has 3 heterocycles. The zero-order chi connectivity index (χ0) is 26.4. The summed E-state index contributed by atoms with van der Waals surface area (Å²) in [6.45, 7) is 3.60. The van der Waals surface area contributed by atoms with Gasteiger partial charge >= 0.3 is 5.97 Å². The molecule has 2 amide bonds. The van der Waals surface area contributed by atoms with Crippen molar-refractivity contribution in [3.05, 3.63) is 32.5 Å². The van der Waals surface area contributed by atoms with Crippen LogP contribution in [-0.2, 0) is 13.9 Å². The van der Waals surface area contributed by atoms with E-state index in [2.05, 4.69) is 43.2 Å². The second-order valence-electron chi connectivity index (χ2n) is 7.98. The van der Waals surface area contributed by atoms with Crippen molar-refractivity contribution in [1.29, 1.82) is 0 Å². The normalized spacial score (nSPS) is 17.7. The molecule has 2 aromatic rings. The lowest BCUT2D eigenvalue weighted by atomic mass is 10.0. The zero-order valence-electron chi connectivity index (χ0n) is 20.1. The van der Waals surface area contributed by atoms with Gasteiger partial charge < -0.3 is 30.0 Å². The molecule has 1 aliphatic rings. The number of nitrogens with one attached hydrogen (secondary N) is 3. The molecule has 10 nitrogen and oxygen atoms in total. The van der Waals surface area contributed by atoms with Gasteiger partial charge in [-0.25, -0.2) is 14.2 Å². The van der Waals surface area contributed by atoms with Crippen LogP contribution in [0.5, 0.6) is 0 Å². The van der Waals surface area contributed by atoms with Crippen LogP contribution in [0.15, 0.2) is 0 Å². The standard InChI is InChI=1S/C22H28ClFIN5O5S/c1-4-35-21(33)18-17(19(31)26-7-6-24)29-22(36-18)30-8-5-13(14(10-30)34-3)28-20(32)16-15(23)12(9-25)11(2)27-16/h13-14,27H,4-10H2,1-3H3,(H,26,31)(H,28,32)/t13-,14+/m1/s1. The number of piperidine rings is 1. The van der Waals surface area contributed by atoms with Crippen LogP contribution in [0.2, 0.25) is 5.02 Å². The molecule has 0 bridgehead atoms. The minimum Gasteiger partial charge on any atom is -0.462 e. The van der Waals surface area contributed by atoms with Gasteiger partial charge in [-0.1, -0.05) is 45.5 Å². The van der Waals surface area contributed by atoms with Crippen molar-refractivity contribution < 1.29 is 28.2 Å². The third-order valence-electron chi connectivity index (χ3n) is 5.73. The first-order chi connectivity index (χ1) is 17.2. The Hall–Kier alpha value is -1.97. The van der Waals surface area contributed by atoms with Crippen LogP contribution in [0.1, 0.15) is 55.3 Å². The van der Waals surface area contributed by atoms with E-state index < -0.39 is 18.6 Å². The molecule has 2 atom stereocenters. The minimum atomic E-state index is -0.737. The molecule has 0 saturated carbocycles. The number of carbonyl (C=O) groups is 3. The van der Waals surface area contributed by atoms with Gasteiger partial charge in [-0.15, -0.1) is 0 Å². The van der Waals surface area contributed by atoms with Crippen molar-refractivity contribution in [2.45, 2.75) is 36.8 Å². The van der Waals surface area contributed by atoms with Gasteiger partial charge in [0, 0.05) is 42.4 Å². The summed E-state index contributed by atoms with van der Waals surface area (Å²) in [6.07, 6.45) is 0.138. The number of aromatic nitrogens is 2. The molecule has 0 aliphatic carbocycles. The number of aromatic amines is 1. The van der Waals surface area contributed by atoms with E-state index in [9.17, 15) is 18.8 Å². The summed E-state index contributed by atoms with van der Waals surface area (Å²) in [5.74, 6) is -1.63. The Bertz CT molecular complexity index is 1110. The van der Waals surface area contributed by atoms with E-state index >= 15 is 0 Å². The number of methoxy groups -OCH3 is 1. The first kappa shape index (κ1) is 28.6. The van der Waals surface area contributed by atoms with Gasteiger partial charge in [0.1, 0.15) is 17.2 Å². The van der Waals surface area contributed by atoms with Crippen molar-refractivity contribution in [3.63, 3.8) is 0 Å². The number of amides is 2. The Morgan fingerprint density at radius 3 is 2.72 bits per heavy atom. The Balaban J connectivity index is 1.76. The molecule has 3 N–H and O–H groups in total. The molecule has 1 aliphatic heterocycles. The maximum atomic E-state index is 12.9. The summed E-state index contributed by atoms with van der Waals surface area (Å²) in [6, 6.07) is -0.293. The molecule has 1 saturated heterocycles. The van der Waals surface area contributed by atoms with Gasteiger partial charge in [-0.2, -0.15) is 0 Å². The number of nitrogens with zero attached hydrogens (tertiary/aromatic N) is 2. The largest absolute Gasteiger partial charge is 0.462 e. The Kier molecular flexibility index (Phi) is 10.3. The molecule has 14 heteroatoms. The smallest absolute Gasteiger partial charge is 0.350 e. The number of thiazole rings is 1. The average Bonchev–Trinajstić information content (AvgIpc) is 3.44. The summed E-state index contributed by atoms with van der Waals surface area (Å²) in [5.41, 5.74) is 1.97. The van der Waals surface area contributed by atoms with Crippen molar-refractivity contribution in [1.82, 2.24) is 20.6 Å². The first-order valence-corrected chi connectivity index (χ1v) is 14.0. The van der Waals surface area contributed by atoms with Gasteiger partial charge in [-0.05, 0) is 20.3 Å². The number of H-pyrrole nitrogens is 1. The molecular formula is C22H28ClFIN5O5S. The number of esters is 1. The molecule has 0 spiro atoms. The second kappa shape index (κ2) is 13.0. The Labute approximate surface area is 230 Å². The number of aryl methyl sites for hydroxylation is 1. The van der Waals surface area contributed by atoms with Crippen LogP contribution in [0, 0.1) is 6.92 Å². The fraction of sp³-hybridized carbons (Fsp3) is 0.545. The van der Waals surface area contributed by atoms with Crippen LogP contribution in [0.4, 0.5) is 9.52 Å². The van der Waals surface area contributed by atoms with Crippen LogP contribution in [0.3, 0.4) is 0 Å². The van der Waals surface area contributed by atoms with E-state index in [4.69, 9.17) is 21.1 Å². The van der Waals surface area contributed by atoms with E-state index in [1.54, 1.807) is 14.0 Å². The summed E-state index contributed by atoms with van der Waals surface area (Å²) in [5, 5.41) is 6.26. The maximum Gasteiger partial charge on any atom is 0.350 e. The maximum absolute atomic E-state index is 12.9. The molecule has 1 fully saturated rings. The molecule has 2 aromatic heterocycles. The number of alkyl halides is 2. The molecule has 198 valence electrons. The molecular weight excluding hydrogens is 628 g/mol. The van der Waals surface area contributed by atoms with Gasteiger partial charge in [-0.3, -0.25) is 9.59 Å². The number of hydrogen-bond donors (Lipinski definition) is 3. The summed E-state index contributed by atoms with van der Waals surface area (Å²) < 4.78 is 23.9. The van der Waals surface area contributed by atoms with E-state index in [0.717, 1.165) is 22.6 Å². The van der Waals surface area contributed by atoms with Gasteiger partial charge in [0.25, 0.3) is 11.8 Å². The van der Waals surface area contributed by atoms with Crippen molar-refractivity contribution in [2.75, 3.05) is 44.9 Å². The van der Waals surface area contributed by atoms with Gasteiger partial charge in [0.2, 0.25) is 0 Å². The third-order valence-corrected chi connectivity index (χ3v) is 8.01. The van der Waals surface area contributed by atoms with Gasteiger partial charge in [0.05, 0.1) is 23.8 Å². The fourth-order valence-electron chi connectivity index (χ4n) is 3.86. The molecule has 36 heavy (non-hydrogen) atoms. The van der Waals surface area contributed by atoms with Crippen molar-refractivity contribution in [2.24, 2.45) is 0 Å². The van der Waals surface area contributed by atoms with Gasteiger partial charge in [0.15, 0.2) is 10.8 Å². The quantitative estimate of drug-likeness (QED) is 0.204. The summed E-state index contributed by atoms with van der Waals surface area (Å²) in [4.78, 5) is 47.2.